The number of nitrogens with one attached hydrogen (secondary N) is 1. The molecule has 1 N–H and O–H groups in total. The maximum Gasteiger partial charge on any atom is 0.416 e. The lowest BCUT2D eigenvalue weighted by molar-refractivity contribution is -0.147. The molecule has 1 aliphatic rings. The Labute approximate surface area is 144 Å². The van der Waals surface area contributed by atoms with Gasteiger partial charge in [-0.05, 0) is 36.5 Å². The van der Waals surface area contributed by atoms with E-state index < -0.39 is 17.7 Å². The first-order chi connectivity index (χ1) is 11.8. The first-order valence-corrected chi connectivity index (χ1v) is 8.43. The van der Waals surface area contributed by atoms with E-state index in [1.54, 1.807) is 0 Å². The van der Waals surface area contributed by atoms with Gasteiger partial charge in [0, 0.05) is 6.54 Å². The van der Waals surface area contributed by atoms with Gasteiger partial charge in [0.05, 0.1) is 12.0 Å². The maximum absolute atomic E-state index is 12.5. The summed E-state index contributed by atoms with van der Waals surface area (Å²) in [7, 11) is 0. The van der Waals surface area contributed by atoms with Crippen LogP contribution in [-0.2, 0) is 26.9 Å². The first-order valence-electron chi connectivity index (χ1n) is 8.43. The summed E-state index contributed by atoms with van der Waals surface area (Å²) in [6.45, 7) is 0.224. The SMILES string of the molecule is O=C(COC(=O)Cc1ccc(C(F)(F)F)cc1)NCC1CCCCC1. The summed E-state index contributed by atoms with van der Waals surface area (Å²) >= 11 is 0. The van der Waals surface area contributed by atoms with Crippen LogP contribution in [0.2, 0.25) is 0 Å². The summed E-state index contributed by atoms with van der Waals surface area (Å²) in [5.41, 5.74) is -0.368. The summed E-state index contributed by atoms with van der Waals surface area (Å²) in [6, 6.07) is 4.29. The van der Waals surface area contributed by atoms with Crippen molar-refractivity contribution in [1.82, 2.24) is 5.32 Å². The van der Waals surface area contributed by atoms with Gasteiger partial charge in [-0.3, -0.25) is 9.59 Å². The number of halogens is 3. The number of carbonyl (C=O) groups is 2. The van der Waals surface area contributed by atoms with Crippen molar-refractivity contribution in [3.05, 3.63) is 35.4 Å². The van der Waals surface area contributed by atoms with Gasteiger partial charge >= 0.3 is 12.1 Å². The smallest absolute Gasteiger partial charge is 0.416 e. The third-order valence-corrected chi connectivity index (χ3v) is 4.31. The van der Waals surface area contributed by atoms with Crippen LogP contribution in [0, 0.1) is 5.92 Å². The molecular weight excluding hydrogens is 335 g/mol. The van der Waals surface area contributed by atoms with Gasteiger partial charge in [-0.2, -0.15) is 13.2 Å². The highest BCUT2D eigenvalue weighted by Crippen LogP contribution is 2.29. The highest BCUT2D eigenvalue weighted by Gasteiger charge is 2.30. The van der Waals surface area contributed by atoms with Crippen LogP contribution in [0.15, 0.2) is 24.3 Å². The number of esters is 1. The van der Waals surface area contributed by atoms with E-state index >= 15 is 0 Å². The summed E-state index contributed by atoms with van der Waals surface area (Å²) in [5, 5.41) is 2.75. The van der Waals surface area contributed by atoms with Crippen LogP contribution in [0.25, 0.3) is 0 Å². The molecular formula is C18H22F3NO3. The molecule has 138 valence electrons. The predicted molar refractivity (Wildman–Crippen MR) is 85.7 cm³/mol. The van der Waals surface area contributed by atoms with Gasteiger partial charge in [0.2, 0.25) is 0 Å². The number of hydrogen-bond donors (Lipinski definition) is 1. The number of alkyl halides is 3. The van der Waals surface area contributed by atoms with Crippen molar-refractivity contribution < 1.29 is 27.5 Å². The number of benzene rings is 1. The zero-order valence-electron chi connectivity index (χ0n) is 13.9. The van der Waals surface area contributed by atoms with Crippen molar-refractivity contribution in [2.75, 3.05) is 13.2 Å². The largest absolute Gasteiger partial charge is 0.455 e. The Morgan fingerprint density at radius 2 is 1.72 bits per heavy atom. The van der Waals surface area contributed by atoms with Crippen molar-refractivity contribution in [1.29, 1.82) is 0 Å². The van der Waals surface area contributed by atoms with Crippen molar-refractivity contribution in [3.8, 4) is 0 Å². The normalized spacial score (nSPS) is 15.6. The molecule has 0 saturated heterocycles. The average Bonchev–Trinajstić information content (AvgIpc) is 2.59. The number of rotatable bonds is 6. The van der Waals surface area contributed by atoms with Crippen LogP contribution in [0.1, 0.15) is 43.2 Å². The minimum atomic E-state index is -4.41. The molecule has 0 heterocycles. The van der Waals surface area contributed by atoms with Crippen LogP contribution in [0.3, 0.4) is 0 Å². The molecule has 4 nitrogen and oxygen atoms in total. The Morgan fingerprint density at radius 1 is 1.08 bits per heavy atom. The molecule has 0 atom stereocenters. The molecule has 1 aromatic rings. The highest BCUT2D eigenvalue weighted by molar-refractivity contribution is 5.81. The number of ether oxygens (including phenoxy) is 1. The van der Waals surface area contributed by atoms with E-state index in [4.69, 9.17) is 4.74 Å². The number of hydrogen-bond acceptors (Lipinski definition) is 3. The fourth-order valence-electron chi connectivity index (χ4n) is 2.88. The van der Waals surface area contributed by atoms with Gasteiger partial charge in [-0.25, -0.2) is 0 Å². The van der Waals surface area contributed by atoms with Gasteiger partial charge in [-0.15, -0.1) is 0 Å². The molecule has 0 radical (unpaired) electrons. The van der Waals surface area contributed by atoms with Crippen LogP contribution >= 0.6 is 0 Å². The first kappa shape index (κ1) is 19.3. The fraction of sp³-hybridized carbons (Fsp3) is 0.556. The molecule has 1 aromatic carbocycles. The van der Waals surface area contributed by atoms with Gasteiger partial charge in [-0.1, -0.05) is 31.4 Å². The Kier molecular flexibility index (Phi) is 6.84. The van der Waals surface area contributed by atoms with E-state index in [0.717, 1.165) is 25.0 Å². The summed E-state index contributed by atoms with van der Waals surface area (Å²) in [6.07, 6.45) is 1.24. The average molecular weight is 357 g/mol. The molecule has 0 aliphatic heterocycles. The second kappa shape index (κ2) is 8.87. The Morgan fingerprint density at radius 3 is 2.32 bits per heavy atom. The Balaban J connectivity index is 1.68. The molecule has 1 fully saturated rings. The van der Waals surface area contributed by atoms with E-state index in [-0.39, 0.29) is 18.9 Å². The minimum Gasteiger partial charge on any atom is -0.455 e. The second-order valence-corrected chi connectivity index (χ2v) is 6.34. The summed E-state index contributed by atoms with van der Waals surface area (Å²) < 4.78 is 42.3. The Bertz CT molecular complexity index is 578. The topological polar surface area (TPSA) is 55.4 Å². The lowest BCUT2D eigenvalue weighted by Crippen LogP contribution is -2.33. The number of carbonyl (C=O) groups excluding carboxylic acids is 2. The zero-order chi connectivity index (χ0) is 18.3. The molecule has 0 aromatic heterocycles. The molecule has 0 spiro atoms. The summed E-state index contributed by atoms with van der Waals surface area (Å²) in [4.78, 5) is 23.4. The third-order valence-electron chi connectivity index (χ3n) is 4.31. The Hall–Kier alpha value is -2.05. The van der Waals surface area contributed by atoms with E-state index in [9.17, 15) is 22.8 Å². The van der Waals surface area contributed by atoms with Crippen molar-refractivity contribution >= 4 is 11.9 Å². The summed E-state index contributed by atoms with van der Waals surface area (Å²) in [5.74, 6) is -0.514. The monoisotopic (exact) mass is 357 g/mol. The van der Waals surface area contributed by atoms with E-state index in [1.807, 2.05) is 0 Å². The standard InChI is InChI=1S/C18H22F3NO3/c19-18(20,21)15-8-6-13(7-9-15)10-17(24)25-12-16(23)22-11-14-4-2-1-3-5-14/h6-9,14H,1-5,10-12H2,(H,22,23). The molecule has 2 rings (SSSR count). The lowest BCUT2D eigenvalue weighted by Gasteiger charge is -2.21. The van der Waals surface area contributed by atoms with Crippen LogP contribution in [0.5, 0.6) is 0 Å². The third kappa shape index (κ3) is 6.76. The van der Waals surface area contributed by atoms with Crippen molar-refractivity contribution in [2.24, 2.45) is 5.92 Å². The van der Waals surface area contributed by atoms with E-state index in [2.05, 4.69) is 5.32 Å². The lowest BCUT2D eigenvalue weighted by atomic mass is 9.89. The molecule has 7 heteroatoms. The minimum absolute atomic E-state index is 0.173. The molecule has 0 unspecified atom stereocenters. The van der Waals surface area contributed by atoms with Crippen LogP contribution < -0.4 is 5.32 Å². The van der Waals surface area contributed by atoms with E-state index in [1.165, 1.54) is 31.4 Å². The van der Waals surface area contributed by atoms with Crippen LogP contribution in [0.4, 0.5) is 13.2 Å². The van der Waals surface area contributed by atoms with Crippen LogP contribution in [-0.4, -0.2) is 25.0 Å². The van der Waals surface area contributed by atoms with Gasteiger partial charge < -0.3 is 10.1 Å². The molecule has 0 bridgehead atoms. The zero-order valence-corrected chi connectivity index (χ0v) is 13.9. The highest BCUT2D eigenvalue weighted by atomic mass is 19.4. The molecule has 1 saturated carbocycles. The second-order valence-electron chi connectivity index (χ2n) is 6.34. The van der Waals surface area contributed by atoms with Crippen molar-refractivity contribution in [2.45, 2.75) is 44.7 Å². The number of amides is 1. The maximum atomic E-state index is 12.5. The molecule has 1 amide bonds. The predicted octanol–water partition coefficient (Wildman–Crippen LogP) is 3.49. The molecule has 25 heavy (non-hydrogen) atoms. The van der Waals surface area contributed by atoms with Crippen molar-refractivity contribution in [3.63, 3.8) is 0 Å². The fourth-order valence-corrected chi connectivity index (χ4v) is 2.88. The van der Waals surface area contributed by atoms with Gasteiger partial charge in [0.1, 0.15) is 0 Å². The quantitative estimate of drug-likeness (QED) is 0.793. The van der Waals surface area contributed by atoms with Gasteiger partial charge in [0.15, 0.2) is 6.61 Å². The molecule has 1 aliphatic carbocycles. The van der Waals surface area contributed by atoms with E-state index in [0.29, 0.717) is 18.0 Å². The van der Waals surface area contributed by atoms with Gasteiger partial charge in [0.25, 0.3) is 5.91 Å².